The number of aromatic nitrogens is 2. The summed E-state index contributed by atoms with van der Waals surface area (Å²) in [5.74, 6) is 2.63. The third kappa shape index (κ3) is 3.30. The van der Waals surface area contributed by atoms with Crippen LogP contribution in [0.3, 0.4) is 0 Å². The molecule has 0 amide bonds. The van der Waals surface area contributed by atoms with Crippen LogP contribution in [0.2, 0.25) is 0 Å². The van der Waals surface area contributed by atoms with Crippen LogP contribution in [0.1, 0.15) is 24.0 Å². The molecule has 1 aliphatic carbocycles. The van der Waals surface area contributed by atoms with Crippen molar-refractivity contribution in [1.29, 1.82) is 0 Å². The summed E-state index contributed by atoms with van der Waals surface area (Å²) in [5.41, 5.74) is 2.81. The van der Waals surface area contributed by atoms with E-state index in [9.17, 15) is 0 Å². The van der Waals surface area contributed by atoms with Crippen LogP contribution in [0.5, 0.6) is 5.75 Å². The first-order valence-corrected chi connectivity index (χ1v) is 7.70. The van der Waals surface area contributed by atoms with Crippen LogP contribution in [0.25, 0.3) is 0 Å². The van der Waals surface area contributed by atoms with Crippen molar-refractivity contribution < 1.29 is 4.74 Å². The van der Waals surface area contributed by atoms with E-state index < -0.39 is 0 Å². The number of nitrogens with zero attached hydrogens (tertiary/aromatic N) is 2. The fraction of sp³-hybridized carbons (Fsp3) is 0.412. The molecule has 1 aromatic heterocycles. The molecule has 1 aromatic carbocycles. The average Bonchev–Trinajstić information content (AvgIpc) is 2.75. The highest BCUT2D eigenvalue weighted by atomic mass is 16.5. The Hall–Kier alpha value is -2.30. The number of methoxy groups -OCH3 is 1. The molecule has 116 valence electrons. The molecule has 5 nitrogen and oxygen atoms in total. The molecule has 2 N–H and O–H groups in total. The minimum atomic E-state index is 0.382. The monoisotopic (exact) mass is 298 g/mol. The zero-order chi connectivity index (χ0) is 15.4. The van der Waals surface area contributed by atoms with Crippen LogP contribution in [0, 0.1) is 0 Å². The van der Waals surface area contributed by atoms with Gasteiger partial charge in [0.2, 0.25) is 0 Å². The molecule has 0 spiro atoms. The fourth-order valence-electron chi connectivity index (χ4n) is 2.97. The van der Waals surface area contributed by atoms with Gasteiger partial charge in [0, 0.05) is 19.2 Å². The van der Waals surface area contributed by atoms with E-state index in [1.807, 2.05) is 13.1 Å². The van der Waals surface area contributed by atoms with Crippen molar-refractivity contribution in [2.24, 2.45) is 0 Å². The molecule has 0 saturated carbocycles. The topological polar surface area (TPSA) is 59.1 Å². The molecule has 1 unspecified atom stereocenters. The molecule has 22 heavy (non-hydrogen) atoms. The van der Waals surface area contributed by atoms with Gasteiger partial charge in [0.15, 0.2) is 0 Å². The summed E-state index contributed by atoms with van der Waals surface area (Å²) in [5, 5.41) is 6.58. The molecule has 0 aliphatic heterocycles. The molecule has 1 atom stereocenters. The molecule has 2 aromatic rings. The predicted molar refractivity (Wildman–Crippen MR) is 88.6 cm³/mol. The first-order chi connectivity index (χ1) is 10.8. The van der Waals surface area contributed by atoms with Crippen molar-refractivity contribution in [3.63, 3.8) is 0 Å². The second-order valence-corrected chi connectivity index (χ2v) is 5.61. The van der Waals surface area contributed by atoms with Crippen molar-refractivity contribution >= 4 is 11.6 Å². The smallest absolute Gasteiger partial charge is 0.131 e. The predicted octanol–water partition coefficient (Wildman–Crippen LogP) is 2.89. The summed E-state index contributed by atoms with van der Waals surface area (Å²) in [7, 11) is 3.58. The normalized spacial score (nSPS) is 17.3. The number of fused-ring (bicyclic) bond motifs is 1. The van der Waals surface area contributed by atoms with Gasteiger partial charge >= 0.3 is 0 Å². The highest BCUT2D eigenvalue weighted by molar-refractivity contribution is 5.47. The first-order valence-electron chi connectivity index (χ1n) is 7.70. The second kappa shape index (κ2) is 6.64. The van der Waals surface area contributed by atoms with Crippen molar-refractivity contribution in [3.05, 3.63) is 41.7 Å². The van der Waals surface area contributed by atoms with E-state index in [0.717, 1.165) is 36.6 Å². The average molecular weight is 298 g/mol. The van der Waals surface area contributed by atoms with E-state index in [1.165, 1.54) is 17.5 Å². The summed E-state index contributed by atoms with van der Waals surface area (Å²) in [6.45, 7) is 0. The maximum atomic E-state index is 5.36. The Kier molecular flexibility index (Phi) is 4.42. The van der Waals surface area contributed by atoms with E-state index in [-0.39, 0.29) is 0 Å². The van der Waals surface area contributed by atoms with Gasteiger partial charge in [-0.3, -0.25) is 0 Å². The van der Waals surface area contributed by atoms with E-state index in [0.29, 0.717) is 6.04 Å². The van der Waals surface area contributed by atoms with E-state index in [1.54, 1.807) is 13.4 Å². The minimum absolute atomic E-state index is 0.382. The Bertz CT molecular complexity index is 644. The summed E-state index contributed by atoms with van der Waals surface area (Å²) in [6, 6.07) is 8.73. The van der Waals surface area contributed by atoms with E-state index in [2.05, 4.69) is 38.8 Å². The van der Waals surface area contributed by atoms with Gasteiger partial charge in [-0.15, -0.1) is 0 Å². The summed E-state index contributed by atoms with van der Waals surface area (Å²) >= 11 is 0. The van der Waals surface area contributed by atoms with E-state index >= 15 is 0 Å². The molecule has 1 aliphatic rings. The number of anilines is 2. The maximum absolute atomic E-state index is 5.36. The Morgan fingerprint density at radius 1 is 1.14 bits per heavy atom. The highest BCUT2D eigenvalue weighted by Gasteiger charge is 2.17. The first kappa shape index (κ1) is 14.6. The number of rotatable bonds is 4. The molecule has 5 heteroatoms. The van der Waals surface area contributed by atoms with Gasteiger partial charge < -0.3 is 15.4 Å². The third-order valence-corrected chi connectivity index (χ3v) is 4.15. The van der Waals surface area contributed by atoms with Crippen LogP contribution in [0.4, 0.5) is 11.6 Å². The Labute approximate surface area is 131 Å². The maximum Gasteiger partial charge on any atom is 0.131 e. The fourth-order valence-corrected chi connectivity index (χ4v) is 2.97. The van der Waals surface area contributed by atoms with Gasteiger partial charge in [0.1, 0.15) is 23.7 Å². The lowest BCUT2D eigenvalue weighted by Crippen LogP contribution is -2.22. The number of hydrogen-bond donors (Lipinski definition) is 2. The van der Waals surface area contributed by atoms with Crippen molar-refractivity contribution in [1.82, 2.24) is 9.97 Å². The third-order valence-electron chi connectivity index (χ3n) is 4.15. The number of ether oxygens (including phenoxy) is 1. The van der Waals surface area contributed by atoms with Crippen molar-refractivity contribution in [2.45, 2.75) is 31.7 Å². The standard InChI is InChI=1S/C17H22N4O/c1-18-16-10-17(20-11-19-16)21-14-5-3-4-12-6-7-15(22-2)9-13(12)8-14/h6-7,9-11,14H,3-5,8H2,1-2H3,(H2,18,19,20,21). The molecular formula is C17H22N4O. The van der Waals surface area contributed by atoms with Gasteiger partial charge in [-0.05, 0) is 48.9 Å². The molecule has 0 saturated heterocycles. The summed E-state index contributed by atoms with van der Waals surface area (Å²) in [4.78, 5) is 8.46. The Morgan fingerprint density at radius 3 is 2.82 bits per heavy atom. The van der Waals surface area contributed by atoms with Gasteiger partial charge in [0.25, 0.3) is 0 Å². The molecular weight excluding hydrogens is 276 g/mol. The quantitative estimate of drug-likeness (QED) is 0.850. The largest absolute Gasteiger partial charge is 0.497 e. The molecule has 0 bridgehead atoms. The molecule has 1 heterocycles. The molecule has 0 radical (unpaired) electrons. The Morgan fingerprint density at radius 2 is 2.00 bits per heavy atom. The second-order valence-electron chi connectivity index (χ2n) is 5.61. The lowest BCUT2D eigenvalue weighted by atomic mass is 10.0. The Balaban J connectivity index is 1.77. The van der Waals surface area contributed by atoms with Crippen LogP contribution in [0.15, 0.2) is 30.6 Å². The number of benzene rings is 1. The number of hydrogen-bond acceptors (Lipinski definition) is 5. The van der Waals surface area contributed by atoms with E-state index in [4.69, 9.17) is 4.74 Å². The van der Waals surface area contributed by atoms with Gasteiger partial charge in [-0.25, -0.2) is 9.97 Å². The molecule has 0 fully saturated rings. The molecule has 3 rings (SSSR count). The number of aryl methyl sites for hydroxylation is 1. The van der Waals surface area contributed by atoms with Crippen LogP contribution in [-0.2, 0) is 12.8 Å². The van der Waals surface area contributed by atoms with Crippen LogP contribution < -0.4 is 15.4 Å². The van der Waals surface area contributed by atoms with Crippen LogP contribution in [-0.4, -0.2) is 30.2 Å². The summed E-state index contributed by atoms with van der Waals surface area (Å²) in [6.07, 6.45) is 6.02. The van der Waals surface area contributed by atoms with Crippen molar-refractivity contribution in [3.8, 4) is 5.75 Å². The lowest BCUT2D eigenvalue weighted by Gasteiger charge is -2.18. The van der Waals surface area contributed by atoms with Gasteiger partial charge in [0.05, 0.1) is 7.11 Å². The van der Waals surface area contributed by atoms with Crippen molar-refractivity contribution in [2.75, 3.05) is 24.8 Å². The zero-order valence-corrected chi connectivity index (χ0v) is 13.1. The van der Waals surface area contributed by atoms with Gasteiger partial charge in [-0.2, -0.15) is 0 Å². The SMILES string of the molecule is CNc1cc(NC2CCCc3ccc(OC)cc3C2)ncn1. The highest BCUT2D eigenvalue weighted by Crippen LogP contribution is 2.26. The zero-order valence-electron chi connectivity index (χ0n) is 13.1. The number of nitrogens with one attached hydrogen (secondary N) is 2. The lowest BCUT2D eigenvalue weighted by molar-refractivity contribution is 0.414. The summed E-state index contributed by atoms with van der Waals surface area (Å²) < 4.78 is 5.36. The minimum Gasteiger partial charge on any atom is -0.497 e. The van der Waals surface area contributed by atoms with Gasteiger partial charge in [-0.1, -0.05) is 6.07 Å². The van der Waals surface area contributed by atoms with Crippen LogP contribution >= 0.6 is 0 Å².